The molecule has 2 nitrogen and oxygen atoms in total. The largest absolute Gasteiger partial charge is 0.271 e. The Morgan fingerprint density at radius 3 is 2.42 bits per heavy atom. The molecule has 2 aromatic carbocycles. The second-order valence-corrected chi connectivity index (χ2v) is 4.63. The molecule has 4 heteroatoms. The molecule has 1 atom stereocenters. The molecule has 0 aromatic heterocycles. The second kappa shape index (κ2) is 5.47. The first-order chi connectivity index (χ1) is 9.02. The predicted molar refractivity (Wildman–Crippen MR) is 71.4 cm³/mol. The summed E-state index contributed by atoms with van der Waals surface area (Å²) in [5.41, 5.74) is 5.21. The van der Waals surface area contributed by atoms with Crippen molar-refractivity contribution in [3.63, 3.8) is 0 Å². The molecule has 0 bridgehead atoms. The van der Waals surface area contributed by atoms with Crippen molar-refractivity contribution < 1.29 is 8.78 Å². The minimum Gasteiger partial charge on any atom is -0.271 e. The summed E-state index contributed by atoms with van der Waals surface area (Å²) in [5, 5.41) is 0. The molecule has 0 fully saturated rings. The molecule has 2 rings (SSSR count). The Labute approximate surface area is 111 Å². The van der Waals surface area contributed by atoms with Crippen LogP contribution in [0.25, 0.3) is 0 Å². The zero-order valence-corrected chi connectivity index (χ0v) is 10.9. The smallest absolute Gasteiger partial charge is 0.128 e. The van der Waals surface area contributed by atoms with Crippen LogP contribution >= 0.6 is 0 Å². The Morgan fingerprint density at radius 2 is 1.84 bits per heavy atom. The first kappa shape index (κ1) is 13.6. The van der Waals surface area contributed by atoms with Gasteiger partial charge in [-0.25, -0.2) is 14.2 Å². The van der Waals surface area contributed by atoms with Crippen molar-refractivity contribution in [3.05, 3.63) is 70.3 Å². The maximum atomic E-state index is 14.1. The third-order valence-electron chi connectivity index (χ3n) is 3.12. The fraction of sp³-hybridized carbons (Fsp3) is 0.200. The van der Waals surface area contributed by atoms with Crippen molar-refractivity contribution in [2.45, 2.75) is 19.9 Å². The molecule has 0 aliphatic carbocycles. The molecule has 3 N–H and O–H groups in total. The van der Waals surface area contributed by atoms with Gasteiger partial charge in [0.25, 0.3) is 0 Å². The highest BCUT2D eigenvalue weighted by Crippen LogP contribution is 2.28. The third-order valence-corrected chi connectivity index (χ3v) is 3.12. The number of halogens is 2. The monoisotopic (exact) mass is 262 g/mol. The first-order valence-electron chi connectivity index (χ1n) is 6.01. The van der Waals surface area contributed by atoms with Gasteiger partial charge in [0.1, 0.15) is 11.6 Å². The number of nitrogens with two attached hydrogens (primary N) is 1. The number of rotatable bonds is 3. The summed E-state index contributed by atoms with van der Waals surface area (Å²) < 4.78 is 27.4. The van der Waals surface area contributed by atoms with Crippen LogP contribution in [-0.4, -0.2) is 0 Å². The van der Waals surface area contributed by atoms with Crippen molar-refractivity contribution in [3.8, 4) is 0 Å². The molecule has 0 amide bonds. The summed E-state index contributed by atoms with van der Waals surface area (Å²) >= 11 is 0. The zero-order chi connectivity index (χ0) is 14.0. The van der Waals surface area contributed by atoms with Gasteiger partial charge in [-0.1, -0.05) is 18.2 Å². The van der Waals surface area contributed by atoms with Crippen LogP contribution in [0.4, 0.5) is 8.78 Å². The predicted octanol–water partition coefficient (Wildman–Crippen LogP) is 3.13. The summed E-state index contributed by atoms with van der Waals surface area (Å²) in [6.07, 6.45) is 0. The molecule has 0 aliphatic heterocycles. The molecule has 0 saturated carbocycles. The first-order valence-corrected chi connectivity index (χ1v) is 6.01. The van der Waals surface area contributed by atoms with Gasteiger partial charge in [-0.3, -0.25) is 5.84 Å². The van der Waals surface area contributed by atoms with Crippen LogP contribution in [0.1, 0.15) is 28.3 Å². The topological polar surface area (TPSA) is 38.0 Å². The quantitative estimate of drug-likeness (QED) is 0.658. The Hall–Kier alpha value is -1.78. The summed E-state index contributed by atoms with van der Waals surface area (Å²) in [6, 6.07) is 8.74. The minimum absolute atomic E-state index is 0.343. The molecule has 0 heterocycles. The summed E-state index contributed by atoms with van der Waals surface area (Å²) in [7, 11) is 0. The lowest BCUT2D eigenvalue weighted by atomic mass is 9.93. The Bertz CT molecular complexity index is 573. The molecule has 2 aromatic rings. The fourth-order valence-electron chi connectivity index (χ4n) is 2.32. The van der Waals surface area contributed by atoms with Crippen LogP contribution < -0.4 is 11.3 Å². The molecule has 0 spiro atoms. The Balaban J connectivity index is 2.54. The van der Waals surface area contributed by atoms with Gasteiger partial charge in [0.05, 0.1) is 6.04 Å². The lowest BCUT2D eigenvalue weighted by molar-refractivity contribution is 0.552. The normalized spacial score (nSPS) is 12.5. The van der Waals surface area contributed by atoms with Gasteiger partial charge in [0, 0.05) is 5.56 Å². The zero-order valence-electron chi connectivity index (χ0n) is 10.9. The lowest BCUT2D eigenvalue weighted by Gasteiger charge is -2.20. The average molecular weight is 262 g/mol. The summed E-state index contributed by atoms with van der Waals surface area (Å²) in [6.45, 7) is 3.64. The van der Waals surface area contributed by atoms with E-state index in [1.807, 2.05) is 19.9 Å². The van der Waals surface area contributed by atoms with E-state index in [9.17, 15) is 8.78 Å². The molecule has 100 valence electrons. The molecule has 1 unspecified atom stereocenters. The molecular formula is C15H16F2N2. The number of hydrogen-bond acceptors (Lipinski definition) is 2. The number of hydrazine groups is 1. The maximum absolute atomic E-state index is 14.1. The van der Waals surface area contributed by atoms with Gasteiger partial charge in [-0.05, 0) is 48.7 Å². The van der Waals surface area contributed by atoms with E-state index >= 15 is 0 Å². The van der Waals surface area contributed by atoms with E-state index in [0.717, 1.165) is 11.1 Å². The van der Waals surface area contributed by atoms with Crippen LogP contribution in [0.2, 0.25) is 0 Å². The third kappa shape index (κ3) is 2.80. The highest BCUT2D eigenvalue weighted by Gasteiger charge is 2.19. The van der Waals surface area contributed by atoms with Gasteiger partial charge in [0.2, 0.25) is 0 Å². The fourth-order valence-corrected chi connectivity index (χ4v) is 2.32. The Kier molecular flexibility index (Phi) is 3.93. The van der Waals surface area contributed by atoms with E-state index < -0.39 is 6.04 Å². The van der Waals surface area contributed by atoms with Crippen molar-refractivity contribution in [1.82, 2.24) is 5.43 Å². The van der Waals surface area contributed by atoms with Crippen LogP contribution in [-0.2, 0) is 0 Å². The van der Waals surface area contributed by atoms with E-state index in [2.05, 4.69) is 5.43 Å². The molecular weight excluding hydrogens is 246 g/mol. The van der Waals surface area contributed by atoms with Crippen LogP contribution in [0.3, 0.4) is 0 Å². The number of benzene rings is 2. The van der Waals surface area contributed by atoms with Crippen molar-refractivity contribution >= 4 is 0 Å². The van der Waals surface area contributed by atoms with Gasteiger partial charge in [0.15, 0.2) is 0 Å². The van der Waals surface area contributed by atoms with E-state index in [0.29, 0.717) is 11.1 Å². The van der Waals surface area contributed by atoms with Crippen molar-refractivity contribution in [2.75, 3.05) is 0 Å². The van der Waals surface area contributed by atoms with Crippen LogP contribution in [0, 0.1) is 25.5 Å². The van der Waals surface area contributed by atoms with E-state index in [4.69, 9.17) is 5.84 Å². The number of aryl methyl sites for hydroxylation is 2. The summed E-state index contributed by atoms with van der Waals surface area (Å²) in [5.74, 6) is 4.81. The highest BCUT2D eigenvalue weighted by atomic mass is 19.1. The van der Waals surface area contributed by atoms with Crippen molar-refractivity contribution in [2.24, 2.45) is 5.84 Å². The minimum atomic E-state index is -0.573. The lowest BCUT2D eigenvalue weighted by Crippen LogP contribution is -2.30. The molecule has 0 saturated heterocycles. The highest BCUT2D eigenvalue weighted by molar-refractivity contribution is 5.40. The van der Waals surface area contributed by atoms with Gasteiger partial charge in [-0.2, -0.15) is 0 Å². The van der Waals surface area contributed by atoms with Gasteiger partial charge in [-0.15, -0.1) is 0 Å². The van der Waals surface area contributed by atoms with Crippen LogP contribution in [0.15, 0.2) is 36.4 Å². The Morgan fingerprint density at radius 1 is 1.11 bits per heavy atom. The van der Waals surface area contributed by atoms with E-state index in [1.54, 1.807) is 12.1 Å². The molecule has 0 aliphatic rings. The van der Waals surface area contributed by atoms with Crippen LogP contribution in [0.5, 0.6) is 0 Å². The van der Waals surface area contributed by atoms with Gasteiger partial charge >= 0.3 is 0 Å². The number of nitrogens with one attached hydrogen (secondary N) is 1. The van der Waals surface area contributed by atoms with E-state index in [1.165, 1.54) is 18.2 Å². The second-order valence-electron chi connectivity index (χ2n) is 4.63. The average Bonchev–Trinajstić information content (AvgIpc) is 2.33. The maximum Gasteiger partial charge on any atom is 0.128 e. The van der Waals surface area contributed by atoms with Crippen molar-refractivity contribution in [1.29, 1.82) is 0 Å². The van der Waals surface area contributed by atoms with E-state index in [-0.39, 0.29) is 11.6 Å². The van der Waals surface area contributed by atoms with Gasteiger partial charge < -0.3 is 0 Å². The SMILES string of the molecule is Cc1cc(C)c(C(NN)c2cccc(F)c2)c(F)c1. The molecule has 0 radical (unpaired) electrons. The standard InChI is InChI=1S/C15H16F2N2/c1-9-6-10(2)14(13(17)7-9)15(19-18)11-4-3-5-12(16)8-11/h3-8,15,19H,18H2,1-2H3. The number of hydrogen-bond donors (Lipinski definition) is 2. The molecule has 19 heavy (non-hydrogen) atoms. The summed E-state index contributed by atoms with van der Waals surface area (Å²) in [4.78, 5) is 0.